The van der Waals surface area contributed by atoms with Crippen LogP contribution in [0, 0.1) is 0 Å². The smallest absolute Gasteiger partial charge is 0.251 e. The van der Waals surface area contributed by atoms with Crippen molar-refractivity contribution in [2.45, 2.75) is 37.2 Å². The van der Waals surface area contributed by atoms with Crippen molar-refractivity contribution in [2.24, 2.45) is 0 Å². The predicted molar refractivity (Wildman–Crippen MR) is 139 cm³/mol. The molecule has 1 aromatic heterocycles. The maximum Gasteiger partial charge on any atom is 0.251 e. The third-order valence-corrected chi connectivity index (χ3v) is 6.92. The second-order valence-corrected chi connectivity index (χ2v) is 9.58. The molecule has 34 heavy (non-hydrogen) atoms. The van der Waals surface area contributed by atoms with E-state index in [2.05, 4.69) is 34.6 Å². The number of thioether (sulfide) groups is 1. The minimum Gasteiger partial charge on any atom is -0.342 e. The van der Waals surface area contributed by atoms with Gasteiger partial charge in [0.2, 0.25) is 0 Å². The zero-order chi connectivity index (χ0) is 24.1. The largest absolute Gasteiger partial charge is 0.342 e. The number of benzene rings is 3. The van der Waals surface area contributed by atoms with Crippen molar-refractivity contribution in [1.29, 1.82) is 0 Å². The van der Waals surface area contributed by atoms with Crippen molar-refractivity contribution in [3.8, 4) is 5.69 Å². The first kappa shape index (κ1) is 24.3. The molecule has 4 aromatic rings. The lowest BCUT2D eigenvalue weighted by Crippen LogP contribution is -2.28. The summed E-state index contributed by atoms with van der Waals surface area (Å²) >= 11 is 14.2. The fourth-order valence-corrected chi connectivity index (χ4v) is 4.90. The molecule has 4 rings (SSSR count). The average Bonchev–Trinajstić information content (AvgIpc) is 3.27. The molecule has 0 aliphatic heterocycles. The molecule has 0 aliphatic carbocycles. The molecule has 5 nitrogen and oxygen atoms in total. The SMILES string of the molecule is CCc1ccc(C(=O)NC(C)c2nnc(SCc3ccccc3)n2-c2ccc(Cl)cc2Cl)cc1. The summed E-state index contributed by atoms with van der Waals surface area (Å²) in [6, 6.07) is 22.6. The molecule has 0 spiro atoms. The fourth-order valence-electron chi connectivity index (χ4n) is 3.50. The van der Waals surface area contributed by atoms with Crippen molar-refractivity contribution >= 4 is 40.9 Å². The molecule has 1 unspecified atom stereocenters. The van der Waals surface area contributed by atoms with E-state index in [9.17, 15) is 4.79 Å². The van der Waals surface area contributed by atoms with Crippen LogP contribution in [0.3, 0.4) is 0 Å². The van der Waals surface area contributed by atoms with Gasteiger partial charge in [-0.3, -0.25) is 9.36 Å². The van der Waals surface area contributed by atoms with Crippen LogP contribution >= 0.6 is 35.0 Å². The van der Waals surface area contributed by atoms with Crippen molar-refractivity contribution in [3.05, 3.63) is 105 Å². The summed E-state index contributed by atoms with van der Waals surface area (Å²) in [6.45, 7) is 3.97. The Labute approximate surface area is 213 Å². The maximum atomic E-state index is 12.9. The van der Waals surface area contributed by atoms with Gasteiger partial charge in [0.1, 0.15) is 0 Å². The van der Waals surface area contributed by atoms with Crippen LogP contribution in [0.5, 0.6) is 0 Å². The lowest BCUT2D eigenvalue weighted by atomic mass is 10.1. The Bertz CT molecular complexity index is 1280. The van der Waals surface area contributed by atoms with E-state index in [1.165, 1.54) is 11.1 Å². The average molecular weight is 511 g/mol. The van der Waals surface area contributed by atoms with Crippen molar-refractivity contribution in [1.82, 2.24) is 20.1 Å². The third-order valence-electron chi connectivity index (χ3n) is 5.38. The van der Waals surface area contributed by atoms with Crippen LogP contribution in [0.4, 0.5) is 0 Å². The Morgan fingerprint density at radius 3 is 2.41 bits per heavy atom. The number of amides is 1. The molecule has 0 bridgehead atoms. The number of aromatic nitrogens is 3. The number of carbonyl (C=O) groups is 1. The summed E-state index contributed by atoms with van der Waals surface area (Å²) in [7, 11) is 0. The normalized spacial score (nSPS) is 11.9. The quantitative estimate of drug-likeness (QED) is 0.261. The molecule has 1 atom stereocenters. The highest BCUT2D eigenvalue weighted by Crippen LogP contribution is 2.32. The minimum absolute atomic E-state index is 0.176. The topological polar surface area (TPSA) is 59.8 Å². The lowest BCUT2D eigenvalue weighted by molar-refractivity contribution is 0.0938. The number of nitrogens with one attached hydrogen (secondary N) is 1. The standard InChI is InChI=1S/C26H24Cl2N4OS/c1-3-18-9-11-20(12-10-18)25(33)29-17(2)24-30-31-26(34-16-19-7-5-4-6-8-19)32(24)23-14-13-21(27)15-22(23)28/h4-15,17H,3,16H2,1-2H3,(H,29,33). The van der Waals surface area contributed by atoms with Crippen LogP contribution in [-0.2, 0) is 12.2 Å². The molecule has 174 valence electrons. The molecule has 1 N–H and O–H groups in total. The number of carbonyl (C=O) groups excluding carboxylic acids is 1. The minimum atomic E-state index is -0.413. The van der Waals surface area contributed by atoms with E-state index in [1.807, 2.05) is 60.0 Å². The summed E-state index contributed by atoms with van der Waals surface area (Å²) in [6.07, 6.45) is 0.923. The number of hydrogen-bond donors (Lipinski definition) is 1. The van der Waals surface area contributed by atoms with Gasteiger partial charge in [0.25, 0.3) is 5.91 Å². The molecule has 0 radical (unpaired) electrons. The molecule has 0 saturated carbocycles. The lowest BCUT2D eigenvalue weighted by Gasteiger charge is -2.17. The summed E-state index contributed by atoms with van der Waals surface area (Å²) in [5, 5.41) is 13.6. The molecule has 0 fully saturated rings. The number of aryl methyl sites for hydroxylation is 1. The van der Waals surface area contributed by atoms with Gasteiger partial charge in [-0.15, -0.1) is 10.2 Å². The third kappa shape index (κ3) is 5.63. The van der Waals surface area contributed by atoms with Gasteiger partial charge < -0.3 is 5.32 Å². The fraction of sp³-hybridized carbons (Fsp3) is 0.192. The van der Waals surface area contributed by atoms with Crippen LogP contribution < -0.4 is 5.32 Å². The van der Waals surface area contributed by atoms with Gasteiger partial charge >= 0.3 is 0 Å². The van der Waals surface area contributed by atoms with E-state index < -0.39 is 6.04 Å². The highest BCUT2D eigenvalue weighted by Gasteiger charge is 2.23. The molecule has 0 saturated heterocycles. The van der Waals surface area contributed by atoms with Gasteiger partial charge in [0.15, 0.2) is 11.0 Å². The second kappa shape index (κ2) is 11.1. The van der Waals surface area contributed by atoms with E-state index in [4.69, 9.17) is 23.2 Å². The summed E-state index contributed by atoms with van der Waals surface area (Å²) in [4.78, 5) is 12.9. The summed E-state index contributed by atoms with van der Waals surface area (Å²) in [5.74, 6) is 1.12. The predicted octanol–water partition coefficient (Wildman–Crippen LogP) is 6.92. The molecule has 1 heterocycles. The molecule has 0 aliphatic rings. The van der Waals surface area contributed by atoms with E-state index >= 15 is 0 Å². The summed E-state index contributed by atoms with van der Waals surface area (Å²) in [5.41, 5.74) is 3.65. The molecule has 1 amide bonds. The Morgan fingerprint density at radius 1 is 1.00 bits per heavy atom. The van der Waals surface area contributed by atoms with E-state index in [0.717, 1.165) is 6.42 Å². The van der Waals surface area contributed by atoms with Gasteiger partial charge in [-0.2, -0.15) is 0 Å². The Kier molecular flexibility index (Phi) is 7.93. The highest BCUT2D eigenvalue weighted by atomic mass is 35.5. The highest BCUT2D eigenvalue weighted by molar-refractivity contribution is 7.98. The monoisotopic (exact) mass is 510 g/mol. The first-order valence-electron chi connectivity index (χ1n) is 10.9. The van der Waals surface area contributed by atoms with E-state index in [1.54, 1.807) is 23.9 Å². The van der Waals surface area contributed by atoms with Crippen molar-refractivity contribution < 1.29 is 4.79 Å². The Morgan fingerprint density at radius 2 is 1.74 bits per heavy atom. The van der Waals surface area contributed by atoms with Gasteiger partial charge in [-0.05, 0) is 54.8 Å². The maximum absolute atomic E-state index is 12.9. The first-order chi connectivity index (χ1) is 16.5. The van der Waals surface area contributed by atoms with Gasteiger partial charge in [0.05, 0.1) is 16.8 Å². The second-order valence-electron chi connectivity index (χ2n) is 7.79. The summed E-state index contributed by atoms with van der Waals surface area (Å²) < 4.78 is 1.89. The Hall–Kier alpha value is -2.80. The molecule has 3 aromatic carbocycles. The van der Waals surface area contributed by atoms with Gasteiger partial charge in [-0.25, -0.2) is 0 Å². The first-order valence-corrected chi connectivity index (χ1v) is 12.7. The number of nitrogens with zero attached hydrogens (tertiary/aromatic N) is 3. The van der Waals surface area contributed by atoms with Crippen LogP contribution in [0.2, 0.25) is 10.0 Å². The van der Waals surface area contributed by atoms with Crippen LogP contribution in [0.1, 0.15) is 47.2 Å². The van der Waals surface area contributed by atoms with E-state index in [0.29, 0.717) is 38.0 Å². The number of hydrogen-bond acceptors (Lipinski definition) is 4. The van der Waals surface area contributed by atoms with Crippen molar-refractivity contribution in [2.75, 3.05) is 0 Å². The van der Waals surface area contributed by atoms with Crippen molar-refractivity contribution in [3.63, 3.8) is 0 Å². The Balaban J connectivity index is 1.63. The molecular weight excluding hydrogens is 487 g/mol. The van der Waals surface area contributed by atoms with E-state index in [-0.39, 0.29) is 5.91 Å². The van der Waals surface area contributed by atoms with Gasteiger partial charge in [0, 0.05) is 16.3 Å². The zero-order valence-corrected chi connectivity index (χ0v) is 21.2. The van der Waals surface area contributed by atoms with Crippen LogP contribution in [-0.4, -0.2) is 20.7 Å². The van der Waals surface area contributed by atoms with Gasteiger partial charge in [-0.1, -0.05) is 84.4 Å². The van der Waals surface area contributed by atoms with Crippen LogP contribution in [0.15, 0.2) is 78.0 Å². The zero-order valence-electron chi connectivity index (χ0n) is 18.8. The number of halogens is 2. The molecule has 8 heteroatoms. The number of rotatable bonds is 8. The van der Waals surface area contributed by atoms with Crippen LogP contribution in [0.25, 0.3) is 5.69 Å². The molecular formula is C26H24Cl2N4OS.